The van der Waals surface area contributed by atoms with Gasteiger partial charge in [-0.1, -0.05) is 31.9 Å². The highest BCUT2D eigenvalue weighted by Crippen LogP contribution is 2.33. The lowest BCUT2D eigenvalue weighted by Crippen LogP contribution is -2.03. The number of Topliss-reactive ketones (excluding diaryl/α,β-unsaturated/α-hetero) is 1. The zero-order chi connectivity index (χ0) is 10.7. The third-order valence-electron chi connectivity index (χ3n) is 2.15. The summed E-state index contributed by atoms with van der Waals surface area (Å²) in [4.78, 5) is 12.5. The second kappa shape index (κ2) is 5.29. The van der Waals surface area contributed by atoms with Crippen LogP contribution in [0, 0.1) is 5.92 Å². The number of thiophene rings is 1. The van der Waals surface area contributed by atoms with E-state index in [-0.39, 0.29) is 5.78 Å². The van der Waals surface area contributed by atoms with E-state index < -0.39 is 0 Å². The van der Waals surface area contributed by atoms with Gasteiger partial charge >= 0.3 is 0 Å². The van der Waals surface area contributed by atoms with Gasteiger partial charge in [0, 0.05) is 6.42 Å². The van der Waals surface area contributed by atoms with Crippen molar-refractivity contribution in [2.75, 3.05) is 0 Å². The molecule has 0 aliphatic rings. The molecule has 0 spiro atoms. The Morgan fingerprint density at radius 3 is 2.79 bits per heavy atom. The van der Waals surface area contributed by atoms with E-state index in [1.54, 1.807) is 6.07 Å². The molecule has 0 radical (unpaired) electrons. The number of ketones is 1. The minimum atomic E-state index is 0.192. The van der Waals surface area contributed by atoms with E-state index >= 15 is 0 Å². The third kappa shape index (κ3) is 3.07. The number of carbonyl (C=O) groups excluding carboxylic acids is 1. The molecule has 0 fully saturated rings. The average Bonchev–Trinajstić information content (AvgIpc) is 2.47. The molecule has 0 amide bonds. The molecule has 14 heavy (non-hydrogen) atoms. The Kier molecular flexibility index (Phi) is 4.61. The molecule has 4 heteroatoms. The Bertz CT molecular complexity index is 315. The second-order valence-corrected chi connectivity index (χ2v) is 6.15. The SMILES string of the molecule is CCC(C)CC(=O)c1cc(Cl)c(Br)s1. The molecule has 1 atom stereocenters. The molecule has 0 aliphatic carbocycles. The van der Waals surface area contributed by atoms with Crippen LogP contribution in [0.1, 0.15) is 36.4 Å². The normalized spacial score (nSPS) is 12.9. The number of carbonyl (C=O) groups is 1. The third-order valence-corrected chi connectivity index (χ3v) is 4.67. The molecule has 1 aromatic heterocycles. The maximum Gasteiger partial charge on any atom is 0.173 e. The van der Waals surface area contributed by atoms with Gasteiger partial charge in [0.25, 0.3) is 0 Å². The minimum Gasteiger partial charge on any atom is -0.293 e. The van der Waals surface area contributed by atoms with Gasteiger partial charge in [-0.25, -0.2) is 0 Å². The van der Waals surface area contributed by atoms with E-state index in [0.29, 0.717) is 17.4 Å². The average molecular weight is 296 g/mol. The van der Waals surface area contributed by atoms with Crippen LogP contribution in [-0.4, -0.2) is 5.78 Å². The van der Waals surface area contributed by atoms with Crippen LogP contribution < -0.4 is 0 Å². The van der Waals surface area contributed by atoms with E-state index in [4.69, 9.17) is 11.6 Å². The lowest BCUT2D eigenvalue weighted by Gasteiger charge is -2.04. The topological polar surface area (TPSA) is 17.1 Å². The van der Waals surface area contributed by atoms with Crippen molar-refractivity contribution in [1.29, 1.82) is 0 Å². The van der Waals surface area contributed by atoms with Crippen molar-refractivity contribution in [3.8, 4) is 0 Å². The predicted octanol–water partition coefficient (Wildman–Crippen LogP) is 4.78. The Labute approximate surface area is 102 Å². The molecule has 0 saturated carbocycles. The second-order valence-electron chi connectivity index (χ2n) is 3.37. The molecule has 1 nitrogen and oxygen atoms in total. The fourth-order valence-electron chi connectivity index (χ4n) is 1.05. The van der Waals surface area contributed by atoms with Crippen molar-refractivity contribution in [1.82, 2.24) is 0 Å². The van der Waals surface area contributed by atoms with Crippen LogP contribution in [0.25, 0.3) is 0 Å². The standard InChI is InChI=1S/C10H12BrClOS/c1-3-6(2)4-8(13)9-5-7(12)10(11)14-9/h5-6H,3-4H2,1-2H3. The van der Waals surface area contributed by atoms with Crippen molar-refractivity contribution in [3.05, 3.63) is 19.8 Å². The Balaban J connectivity index is 2.70. The first-order valence-electron chi connectivity index (χ1n) is 4.52. The van der Waals surface area contributed by atoms with E-state index in [1.165, 1.54) is 11.3 Å². The van der Waals surface area contributed by atoms with Crippen LogP contribution >= 0.6 is 38.9 Å². The van der Waals surface area contributed by atoms with E-state index in [2.05, 4.69) is 29.8 Å². The molecule has 1 rings (SSSR count). The van der Waals surface area contributed by atoms with E-state index in [0.717, 1.165) is 15.1 Å². The molecule has 78 valence electrons. The van der Waals surface area contributed by atoms with E-state index in [1.807, 2.05) is 0 Å². The monoisotopic (exact) mass is 294 g/mol. The molecule has 0 bridgehead atoms. The summed E-state index contributed by atoms with van der Waals surface area (Å²) in [6, 6.07) is 1.74. The highest BCUT2D eigenvalue weighted by Gasteiger charge is 2.14. The molecule has 0 N–H and O–H groups in total. The van der Waals surface area contributed by atoms with Gasteiger partial charge < -0.3 is 0 Å². The zero-order valence-electron chi connectivity index (χ0n) is 8.14. The molecule has 0 aromatic carbocycles. The van der Waals surface area contributed by atoms with Gasteiger partial charge in [0.2, 0.25) is 0 Å². The molecule has 1 unspecified atom stereocenters. The smallest absolute Gasteiger partial charge is 0.173 e. The fourth-order valence-corrected chi connectivity index (χ4v) is 2.70. The van der Waals surface area contributed by atoms with Crippen LogP contribution in [-0.2, 0) is 0 Å². The summed E-state index contributed by atoms with van der Waals surface area (Å²) in [6.07, 6.45) is 1.64. The highest BCUT2D eigenvalue weighted by molar-refractivity contribution is 9.11. The van der Waals surface area contributed by atoms with Crippen LogP contribution in [0.2, 0.25) is 5.02 Å². The summed E-state index contributed by atoms with van der Waals surface area (Å²) in [6.45, 7) is 4.18. The summed E-state index contributed by atoms with van der Waals surface area (Å²) in [5.41, 5.74) is 0. The van der Waals surface area contributed by atoms with Crippen molar-refractivity contribution in [2.24, 2.45) is 5.92 Å². The van der Waals surface area contributed by atoms with Gasteiger partial charge in [0.05, 0.1) is 13.7 Å². The lowest BCUT2D eigenvalue weighted by molar-refractivity contribution is 0.0967. The quantitative estimate of drug-likeness (QED) is 0.730. The van der Waals surface area contributed by atoms with Crippen LogP contribution in [0.15, 0.2) is 9.85 Å². The maximum absolute atomic E-state index is 11.7. The maximum atomic E-state index is 11.7. The Morgan fingerprint density at radius 1 is 1.71 bits per heavy atom. The zero-order valence-corrected chi connectivity index (χ0v) is 11.3. The van der Waals surface area contributed by atoms with E-state index in [9.17, 15) is 4.79 Å². The number of hydrogen-bond donors (Lipinski definition) is 0. The Morgan fingerprint density at radius 2 is 2.36 bits per heavy atom. The van der Waals surface area contributed by atoms with Gasteiger partial charge in [-0.2, -0.15) is 0 Å². The summed E-state index contributed by atoms with van der Waals surface area (Å²) < 4.78 is 0.840. The fraction of sp³-hybridized carbons (Fsp3) is 0.500. The summed E-state index contributed by atoms with van der Waals surface area (Å²) in [5.74, 6) is 0.638. The largest absolute Gasteiger partial charge is 0.293 e. The van der Waals surface area contributed by atoms with Gasteiger partial charge in [-0.05, 0) is 27.9 Å². The highest BCUT2D eigenvalue weighted by atomic mass is 79.9. The predicted molar refractivity (Wildman–Crippen MR) is 65.4 cm³/mol. The van der Waals surface area contributed by atoms with Crippen molar-refractivity contribution >= 4 is 44.7 Å². The Hall–Kier alpha value is 0.140. The number of hydrogen-bond acceptors (Lipinski definition) is 2. The summed E-state index contributed by atoms with van der Waals surface area (Å²) >= 11 is 10.6. The van der Waals surface area contributed by atoms with Crippen molar-refractivity contribution < 1.29 is 4.79 Å². The van der Waals surface area contributed by atoms with Gasteiger partial charge in [-0.15, -0.1) is 11.3 Å². The molecular weight excluding hydrogens is 284 g/mol. The molecule has 1 aromatic rings. The first-order valence-corrected chi connectivity index (χ1v) is 6.51. The van der Waals surface area contributed by atoms with Crippen molar-refractivity contribution in [3.63, 3.8) is 0 Å². The van der Waals surface area contributed by atoms with Gasteiger partial charge in [-0.3, -0.25) is 4.79 Å². The summed E-state index contributed by atoms with van der Waals surface area (Å²) in [7, 11) is 0. The van der Waals surface area contributed by atoms with Crippen LogP contribution in [0.5, 0.6) is 0 Å². The molecule has 0 saturated heterocycles. The minimum absolute atomic E-state index is 0.192. The summed E-state index contributed by atoms with van der Waals surface area (Å²) in [5, 5.41) is 0.627. The lowest BCUT2D eigenvalue weighted by atomic mass is 10.0. The first-order chi connectivity index (χ1) is 6.54. The van der Waals surface area contributed by atoms with Crippen LogP contribution in [0.3, 0.4) is 0 Å². The number of halogens is 2. The molecule has 1 heterocycles. The van der Waals surface area contributed by atoms with Gasteiger partial charge in [0.15, 0.2) is 5.78 Å². The van der Waals surface area contributed by atoms with Gasteiger partial charge in [0.1, 0.15) is 0 Å². The molecule has 0 aliphatic heterocycles. The van der Waals surface area contributed by atoms with Crippen LogP contribution in [0.4, 0.5) is 0 Å². The molecular formula is C10H12BrClOS. The number of rotatable bonds is 4. The first kappa shape index (κ1) is 12.2. The van der Waals surface area contributed by atoms with Crippen molar-refractivity contribution in [2.45, 2.75) is 26.7 Å².